The number of nitrogens with zero attached hydrogens (tertiary/aromatic N) is 2. The third-order valence-corrected chi connectivity index (χ3v) is 2.75. The van der Waals surface area contributed by atoms with E-state index in [1.807, 2.05) is 7.05 Å². The topological polar surface area (TPSA) is 60.2 Å². The summed E-state index contributed by atoms with van der Waals surface area (Å²) in [5.41, 5.74) is 0. The number of aromatic nitrogens is 2. The summed E-state index contributed by atoms with van der Waals surface area (Å²) in [7, 11) is 3.55. The standard InChI is InChI=1S/C11H21N3O2/c1-7(2)10(8(3)12-4)11-13-9(6-15-5)14-16-11/h7-8,10,12H,6H2,1-5H3. The maximum absolute atomic E-state index is 5.28. The van der Waals surface area contributed by atoms with Gasteiger partial charge in [0.1, 0.15) is 6.61 Å². The monoisotopic (exact) mass is 227 g/mol. The molecule has 5 heteroatoms. The minimum atomic E-state index is 0.225. The molecule has 0 amide bonds. The SMILES string of the molecule is CNC(C)C(c1nc(COC)no1)C(C)C. The lowest BCUT2D eigenvalue weighted by Crippen LogP contribution is -2.32. The van der Waals surface area contributed by atoms with Crippen molar-refractivity contribution < 1.29 is 9.26 Å². The van der Waals surface area contributed by atoms with E-state index in [1.165, 1.54) is 0 Å². The largest absolute Gasteiger partial charge is 0.377 e. The molecule has 0 aliphatic carbocycles. The quantitative estimate of drug-likeness (QED) is 0.799. The Kier molecular flexibility index (Phi) is 4.89. The van der Waals surface area contributed by atoms with Crippen LogP contribution in [0.3, 0.4) is 0 Å². The predicted molar refractivity (Wildman–Crippen MR) is 61.1 cm³/mol. The molecule has 2 unspecified atom stereocenters. The third kappa shape index (κ3) is 3.02. The molecule has 1 aromatic rings. The second kappa shape index (κ2) is 5.96. The highest BCUT2D eigenvalue weighted by molar-refractivity contribution is 4.99. The van der Waals surface area contributed by atoms with Gasteiger partial charge in [-0.1, -0.05) is 19.0 Å². The van der Waals surface area contributed by atoms with E-state index in [4.69, 9.17) is 9.26 Å². The summed E-state index contributed by atoms with van der Waals surface area (Å²) in [5, 5.41) is 7.11. The van der Waals surface area contributed by atoms with E-state index >= 15 is 0 Å². The van der Waals surface area contributed by atoms with Crippen molar-refractivity contribution in [1.82, 2.24) is 15.5 Å². The predicted octanol–water partition coefficient (Wildman–Crippen LogP) is 1.56. The van der Waals surface area contributed by atoms with Crippen molar-refractivity contribution in [2.75, 3.05) is 14.2 Å². The van der Waals surface area contributed by atoms with Gasteiger partial charge < -0.3 is 14.6 Å². The van der Waals surface area contributed by atoms with E-state index in [9.17, 15) is 0 Å². The van der Waals surface area contributed by atoms with Gasteiger partial charge >= 0.3 is 0 Å². The summed E-state index contributed by atoms with van der Waals surface area (Å²) >= 11 is 0. The highest BCUT2D eigenvalue weighted by Gasteiger charge is 2.27. The van der Waals surface area contributed by atoms with E-state index in [1.54, 1.807) is 7.11 Å². The van der Waals surface area contributed by atoms with Crippen LogP contribution in [0, 0.1) is 5.92 Å². The van der Waals surface area contributed by atoms with Gasteiger partial charge in [0.15, 0.2) is 5.82 Å². The number of methoxy groups -OCH3 is 1. The number of ether oxygens (including phenoxy) is 1. The van der Waals surface area contributed by atoms with Crippen LogP contribution in [0.1, 0.15) is 38.4 Å². The van der Waals surface area contributed by atoms with Gasteiger partial charge in [-0.3, -0.25) is 0 Å². The molecule has 0 aliphatic rings. The van der Waals surface area contributed by atoms with E-state index < -0.39 is 0 Å². The number of hydrogen-bond donors (Lipinski definition) is 1. The summed E-state index contributed by atoms with van der Waals surface area (Å²) in [6.07, 6.45) is 0. The third-order valence-electron chi connectivity index (χ3n) is 2.75. The van der Waals surface area contributed by atoms with E-state index in [0.717, 1.165) is 0 Å². The van der Waals surface area contributed by atoms with Crippen molar-refractivity contribution in [1.29, 1.82) is 0 Å². The lowest BCUT2D eigenvalue weighted by atomic mass is 9.89. The van der Waals surface area contributed by atoms with Crippen LogP contribution in [0.15, 0.2) is 4.52 Å². The molecule has 0 saturated heterocycles. The van der Waals surface area contributed by atoms with Crippen LogP contribution in [-0.4, -0.2) is 30.3 Å². The number of rotatable bonds is 6. The molecule has 0 spiro atoms. The molecular formula is C11H21N3O2. The summed E-state index contributed by atoms with van der Waals surface area (Å²) in [6.45, 7) is 6.81. The highest BCUT2D eigenvalue weighted by atomic mass is 16.5. The maximum atomic E-state index is 5.28. The Bertz CT molecular complexity index is 312. The molecule has 0 saturated carbocycles. The van der Waals surface area contributed by atoms with Crippen LogP contribution < -0.4 is 5.32 Å². The highest BCUT2D eigenvalue weighted by Crippen LogP contribution is 2.26. The number of likely N-dealkylation sites (N-methyl/N-ethyl adjacent to an activating group) is 1. The fourth-order valence-corrected chi connectivity index (χ4v) is 1.85. The van der Waals surface area contributed by atoms with Gasteiger partial charge in [0.25, 0.3) is 0 Å². The molecule has 16 heavy (non-hydrogen) atoms. The summed E-state index contributed by atoms with van der Waals surface area (Å²) in [6, 6.07) is 0.302. The van der Waals surface area contributed by atoms with Crippen LogP contribution >= 0.6 is 0 Å². The Balaban J connectivity index is 2.84. The normalized spacial score (nSPS) is 15.4. The van der Waals surface area contributed by atoms with Crippen LogP contribution in [0.5, 0.6) is 0 Å². The molecule has 0 fully saturated rings. The van der Waals surface area contributed by atoms with Crippen molar-refractivity contribution in [3.8, 4) is 0 Å². The Morgan fingerprint density at radius 1 is 1.38 bits per heavy atom. The minimum absolute atomic E-state index is 0.225. The zero-order chi connectivity index (χ0) is 12.1. The van der Waals surface area contributed by atoms with Crippen LogP contribution in [0.2, 0.25) is 0 Å². The van der Waals surface area contributed by atoms with Crippen LogP contribution in [0.25, 0.3) is 0 Å². The molecule has 0 radical (unpaired) electrons. The van der Waals surface area contributed by atoms with Crippen molar-refractivity contribution in [2.45, 2.75) is 39.3 Å². The molecule has 0 aromatic carbocycles. The average Bonchev–Trinajstić information content (AvgIpc) is 2.66. The van der Waals surface area contributed by atoms with Gasteiger partial charge in [0, 0.05) is 13.2 Å². The van der Waals surface area contributed by atoms with Crippen molar-refractivity contribution in [3.63, 3.8) is 0 Å². The molecule has 1 heterocycles. The zero-order valence-corrected chi connectivity index (χ0v) is 10.7. The van der Waals surface area contributed by atoms with Gasteiger partial charge in [0.05, 0.1) is 5.92 Å². The molecule has 1 rings (SSSR count). The molecule has 5 nitrogen and oxygen atoms in total. The first-order valence-electron chi connectivity index (χ1n) is 5.58. The van der Waals surface area contributed by atoms with Crippen molar-refractivity contribution in [3.05, 3.63) is 11.7 Å². The number of hydrogen-bond acceptors (Lipinski definition) is 5. The fourth-order valence-electron chi connectivity index (χ4n) is 1.85. The molecule has 1 N–H and O–H groups in total. The second-order valence-electron chi connectivity index (χ2n) is 4.33. The van der Waals surface area contributed by atoms with Crippen LogP contribution in [0.4, 0.5) is 0 Å². The van der Waals surface area contributed by atoms with Gasteiger partial charge in [-0.05, 0) is 19.9 Å². The van der Waals surface area contributed by atoms with E-state index in [2.05, 4.69) is 36.2 Å². The van der Waals surface area contributed by atoms with Gasteiger partial charge in [0.2, 0.25) is 5.89 Å². The molecule has 1 aromatic heterocycles. The fraction of sp³-hybridized carbons (Fsp3) is 0.818. The summed E-state index contributed by atoms with van der Waals surface area (Å²) < 4.78 is 10.3. The Hall–Kier alpha value is -0.940. The molecule has 0 bridgehead atoms. The maximum Gasteiger partial charge on any atom is 0.231 e. The van der Waals surface area contributed by atoms with E-state index in [0.29, 0.717) is 30.3 Å². The van der Waals surface area contributed by atoms with E-state index in [-0.39, 0.29) is 5.92 Å². The number of nitrogens with one attached hydrogen (secondary N) is 1. The van der Waals surface area contributed by atoms with Gasteiger partial charge in [-0.15, -0.1) is 0 Å². The summed E-state index contributed by atoms with van der Waals surface area (Å²) in [5.74, 6) is 1.96. The van der Waals surface area contributed by atoms with Gasteiger partial charge in [-0.25, -0.2) is 0 Å². The lowest BCUT2D eigenvalue weighted by molar-refractivity contribution is 0.174. The zero-order valence-electron chi connectivity index (χ0n) is 10.7. The lowest BCUT2D eigenvalue weighted by Gasteiger charge is -2.23. The smallest absolute Gasteiger partial charge is 0.231 e. The molecule has 92 valence electrons. The summed E-state index contributed by atoms with van der Waals surface area (Å²) in [4.78, 5) is 4.35. The first-order valence-corrected chi connectivity index (χ1v) is 5.58. The molecule has 0 aliphatic heterocycles. The average molecular weight is 227 g/mol. The van der Waals surface area contributed by atoms with Crippen molar-refractivity contribution in [2.24, 2.45) is 5.92 Å². The molecular weight excluding hydrogens is 206 g/mol. The Labute approximate surface area is 96.6 Å². The first-order chi connectivity index (χ1) is 7.60. The van der Waals surface area contributed by atoms with Crippen LogP contribution in [-0.2, 0) is 11.3 Å². The Morgan fingerprint density at radius 3 is 2.56 bits per heavy atom. The molecule has 2 atom stereocenters. The van der Waals surface area contributed by atoms with Crippen molar-refractivity contribution >= 4 is 0 Å². The second-order valence-corrected chi connectivity index (χ2v) is 4.33. The minimum Gasteiger partial charge on any atom is -0.377 e. The first kappa shape index (κ1) is 13.1. The van der Waals surface area contributed by atoms with Gasteiger partial charge in [-0.2, -0.15) is 4.98 Å². The Morgan fingerprint density at radius 2 is 2.06 bits per heavy atom.